The van der Waals surface area contributed by atoms with Crippen molar-refractivity contribution in [1.29, 1.82) is 0 Å². The van der Waals surface area contributed by atoms with E-state index in [1.54, 1.807) is 6.07 Å². The van der Waals surface area contributed by atoms with Crippen molar-refractivity contribution in [2.75, 3.05) is 5.32 Å². The monoisotopic (exact) mass is 341 g/mol. The van der Waals surface area contributed by atoms with Gasteiger partial charge in [0.1, 0.15) is 0 Å². The van der Waals surface area contributed by atoms with Gasteiger partial charge in [0.2, 0.25) is 5.91 Å². The van der Waals surface area contributed by atoms with Gasteiger partial charge in [-0.2, -0.15) is 0 Å². The minimum Gasteiger partial charge on any atom is -0.550 e. The molecule has 1 amide bonds. The first-order valence-corrected chi connectivity index (χ1v) is 8.35. The highest BCUT2D eigenvalue weighted by Crippen LogP contribution is 2.36. The number of aromatic nitrogens is 1. The third-order valence-electron chi connectivity index (χ3n) is 3.47. The van der Waals surface area contributed by atoms with Crippen molar-refractivity contribution < 1.29 is 14.7 Å². The quantitative estimate of drug-likeness (QED) is 0.924. The van der Waals surface area contributed by atoms with Gasteiger partial charge in [0.05, 0.1) is 14.9 Å². The molecule has 5 nitrogen and oxygen atoms in total. The van der Waals surface area contributed by atoms with Crippen molar-refractivity contribution in [3.05, 3.63) is 21.8 Å². The second-order valence-corrected chi connectivity index (χ2v) is 7.31. The van der Waals surface area contributed by atoms with Gasteiger partial charge in [-0.15, -0.1) is 22.7 Å². The number of thiophene rings is 1. The van der Waals surface area contributed by atoms with Gasteiger partial charge in [0, 0.05) is 23.2 Å². The van der Waals surface area contributed by atoms with Crippen LogP contribution in [0.2, 0.25) is 4.34 Å². The number of hydrogen-bond donors (Lipinski definition) is 1. The first kappa shape index (κ1) is 14.5. The Labute approximate surface area is 133 Å². The fourth-order valence-corrected chi connectivity index (χ4v) is 3.98. The normalized spacial score (nSPS) is 20.8. The maximum absolute atomic E-state index is 12.0. The highest BCUT2D eigenvalue weighted by atomic mass is 35.5. The Bertz CT molecular complexity index is 697. The first-order chi connectivity index (χ1) is 10.0. The van der Waals surface area contributed by atoms with Crippen molar-refractivity contribution in [3.8, 4) is 10.6 Å². The molecule has 0 aliphatic heterocycles. The number of halogens is 1. The van der Waals surface area contributed by atoms with Crippen LogP contribution in [0, 0.1) is 11.8 Å². The third-order valence-corrected chi connectivity index (χ3v) is 5.49. The molecule has 8 heteroatoms. The average Bonchev–Trinajstić information content (AvgIpc) is 2.95. The molecular formula is C13H10ClN2O3S2-. The molecule has 2 aromatic heterocycles. The lowest BCUT2D eigenvalue weighted by Gasteiger charge is -2.35. The van der Waals surface area contributed by atoms with Crippen molar-refractivity contribution in [2.24, 2.45) is 11.8 Å². The van der Waals surface area contributed by atoms with E-state index in [2.05, 4.69) is 10.3 Å². The Balaban J connectivity index is 1.67. The summed E-state index contributed by atoms with van der Waals surface area (Å²) in [7, 11) is 0. The maximum atomic E-state index is 12.0. The van der Waals surface area contributed by atoms with Crippen molar-refractivity contribution in [1.82, 2.24) is 4.98 Å². The highest BCUT2D eigenvalue weighted by molar-refractivity contribution is 7.20. The lowest BCUT2D eigenvalue weighted by molar-refractivity contribution is -0.316. The van der Waals surface area contributed by atoms with E-state index in [1.165, 1.54) is 22.7 Å². The predicted octanol–water partition coefficient (Wildman–Crippen LogP) is 2.24. The molecule has 3 rings (SSSR count). The SMILES string of the molecule is O=C([O-])[C@H]1CC[C@@H]1C(=O)Nc1nc(-c2ccc(Cl)s2)cs1. The largest absolute Gasteiger partial charge is 0.550 e. The lowest BCUT2D eigenvalue weighted by Crippen LogP contribution is -2.46. The topological polar surface area (TPSA) is 82.1 Å². The van der Waals surface area contributed by atoms with Crippen LogP contribution >= 0.6 is 34.3 Å². The average molecular weight is 342 g/mol. The number of nitrogens with one attached hydrogen (secondary N) is 1. The van der Waals surface area contributed by atoms with Crippen LogP contribution < -0.4 is 10.4 Å². The number of hydrogen-bond acceptors (Lipinski definition) is 6. The zero-order chi connectivity index (χ0) is 15.0. The summed E-state index contributed by atoms with van der Waals surface area (Å²) < 4.78 is 0.676. The lowest BCUT2D eigenvalue weighted by atomic mass is 9.73. The molecule has 0 unspecified atom stereocenters. The van der Waals surface area contributed by atoms with Gasteiger partial charge in [0.15, 0.2) is 5.13 Å². The Hall–Kier alpha value is -1.44. The molecule has 21 heavy (non-hydrogen) atoms. The van der Waals surface area contributed by atoms with E-state index in [9.17, 15) is 14.7 Å². The zero-order valence-electron chi connectivity index (χ0n) is 10.7. The predicted molar refractivity (Wildman–Crippen MR) is 80.3 cm³/mol. The smallest absolute Gasteiger partial charge is 0.229 e. The molecule has 0 aromatic carbocycles. The number of thiazole rings is 1. The van der Waals surface area contributed by atoms with Gasteiger partial charge < -0.3 is 15.2 Å². The van der Waals surface area contributed by atoms with E-state index < -0.39 is 17.8 Å². The van der Waals surface area contributed by atoms with E-state index in [4.69, 9.17) is 11.6 Å². The number of anilines is 1. The Morgan fingerprint density at radius 2 is 2.10 bits per heavy atom. The second kappa shape index (κ2) is 5.75. The molecule has 1 aliphatic carbocycles. The van der Waals surface area contributed by atoms with Crippen molar-refractivity contribution >= 4 is 51.3 Å². The van der Waals surface area contributed by atoms with E-state index in [-0.39, 0.29) is 5.91 Å². The van der Waals surface area contributed by atoms with E-state index >= 15 is 0 Å². The van der Waals surface area contributed by atoms with Gasteiger partial charge in [-0.3, -0.25) is 4.79 Å². The number of carbonyl (C=O) groups excluding carboxylic acids is 2. The molecule has 2 aromatic rings. The third kappa shape index (κ3) is 2.95. The zero-order valence-corrected chi connectivity index (χ0v) is 13.1. The Morgan fingerprint density at radius 1 is 1.33 bits per heavy atom. The van der Waals surface area contributed by atoms with E-state index in [0.717, 1.165) is 10.6 Å². The summed E-state index contributed by atoms with van der Waals surface area (Å²) in [6.07, 6.45) is 1.07. The minimum atomic E-state index is -1.16. The van der Waals surface area contributed by atoms with Crippen LogP contribution in [0.5, 0.6) is 0 Å². The molecule has 0 radical (unpaired) electrons. The fraction of sp³-hybridized carbons (Fsp3) is 0.308. The summed E-state index contributed by atoms with van der Waals surface area (Å²) in [6.45, 7) is 0. The number of carboxylic acids is 1. The molecule has 0 spiro atoms. The van der Waals surface area contributed by atoms with E-state index in [0.29, 0.717) is 22.3 Å². The van der Waals surface area contributed by atoms with E-state index in [1.807, 2.05) is 11.4 Å². The molecule has 2 heterocycles. The summed E-state index contributed by atoms with van der Waals surface area (Å²) in [4.78, 5) is 28.1. The minimum absolute atomic E-state index is 0.305. The molecule has 2 atom stereocenters. The number of aliphatic carboxylic acids is 1. The molecule has 110 valence electrons. The summed E-state index contributed by atoms with van der Waals surface area (Å²) in [5.74, 6) is -2.66. The molecule has 1 N–H and O–H groups in total. The maximum Gasteiger partial charge on any atom is 0.229 e. The van der Waals surface area contributed by atoms with Gasteiger partial charge in [-0.1, -0.05) is 11.6 Å². The van der Waals surface area contributed by atoms with Gasteiger partial charge in [-0.25, -0.2) is 4.98 Å². The molecule has 0 saturated heterocycles. The molecule has 1 aliphatic rings. The first-order valence-electron chi connectivity index (χ1n) is 6.27. The second-order valence-electron chi connectivity index (χ2n) is 4.74. The highest BCUT2D eigenvalue weighted by Gasteiger charge is 2.37. The number of amides is 1. The molecule has 1 fully saturated rings. The fourth-order valence-electron chi connectivity index (χ4n) is 2.19. The Kier molecular flexibility index (Phi) is 3.97. The van der Waals surface area contributed by atoms with Gasteiger partial charge in [0.25, 0.3) is 0 Å². The van der Waals surface area contributed by atoms with Crippen LogP contribution in [0.1, 0.15) is 12.8 Å². The van der Waals surface area contributed by atoms with Crippen LogP contribution in [0.15, 0.2) is 17.5 Å². The summed E-state index contributed by atoms with van der Waals surface area (Å²) in [5, 5.41) is 15.8. The Morgan fingerprint density at radius 3 is 2.67 bits per heavy atom. The van der Waals surface area contributed by atoms with Crippen LogP contribution in [0.4, 0.5) is 5.13 Å². The molecule has 1 saturated carbocycles. The van der Waals surface area contributed by atoms with Crippen molar-refractivity contribution in [3.63, 3.8) is 0 Å². The van der Waals surface area contributed by atoms with Crippen LogP contribution in [-0.4, -0.2) is 16.9 Å². The number of nitrogens with zero attached hydrogens (tertiary/aromatic N) is 1. The van der Waals surface area contributed by atoms with Crippen LogP contribution in [-0.2, 0) is 9.59 Å². The van der Waals surface area contributed by atoms with Gasteiger partial charge >= 0.3 is 0 Å². The number of rotatable bonds is 4. The van der Waals surface area contributed by atoms with Gasteiger partial charge in [-0.05, 0) is 25.0 Å². The number of carboxylic acid groups (broad SMARTS) is 1. The summed E-state index contributed by atoms with van der Waals surface area (Å²) in [5.41, 5.74) is 0.747. The number of carbonyl (C=O) groups is 2. The van der Waals surface area contributed by atoms with Crippen LogP contribution in [0.3, 0.4) is 0 Å². The van der Waals surface area contributed by atoms with Crippen molar-refractivity contribution in [2.45, 2.75) is 12.8 Å². The summed E-state index contributed by atoms with van der Waals surface area (Å²) in [6, 6.07) is 3.66. The van der Waals surface area contributed by atoms with Crippen LogP contribution in [0.25, 0.3) is 10.6 Å². The molecule has 0 bridgehead atoms. The standard InChI is InChI=1S/C13H11ClN2O3S2/c14-10-4-3-9(21-10)8-5-20-13(15-8)16-11(17)6-1-2-7(6)12(18)19/h3-7H,1-2H2,(H,18,19)(H,15,16,17)/p-1/t6-,7-/m0/s1. The molecular weight excluding hydrogens is 332 g/mol. The summed E-state index contributed by atoms with van der Waals surface area (Å²) >= 11 is 8.59.